The van der Waals surface area contributed by atoms with E-state index in [2.05, 4.69) is 31.2 Å². The number of aromatic nitrogens is 1. The predicted octanol–water partition coefficient (Wildman–Crippen LogP) is 5.72. The second-order valence-corrected chi connectivity index (χ2v) is 11.0. The van der Waals surface area contributed by atoms with Crippen LogP contribution >= 0.6 is 23.4 Å². The lowest BCUT2D eigenvalue weighted by atomic mass is 9.91. The highest BCUT2D eigenvalue weighted by atomic mass is 35.5. The van der Waals surface area contributed by atoms with Gasteiger partial charge in [0.05, 0.1) is 26.8 Å². The summed E-state index contributed by atoms with van der Waals surface area (Å²) in [6, 6.07) is 23.5. The van der Waals surface area contributed by atoms with Crippen LogP contribution in [0.2, 0.25) is 5.02 Å². The van der Waals surface area contributed by atoms with Gasteiger partial charge in [-0.1, -0.05) is 60.1 Å². The Morgan fingerprint density at radius 1 is 0.941 bits per heavy atom. The van der Waals surface area contributed by atoms with Crippen LogP contribution in [0.15, 0.2) is 88.3 Å². The summed E-state index contributed by atoms with van der Waals surface area (Å²) in [4.78, 5) is 5.72. The van der Waals surface area contributed by atoms with Crippen molar-refractivity contribution in [1.82, 2.24) is 4.98 Å². The molecule has 0 spiro atoms. The maximum atomic E-state index is 14.3. The molecule has 0 unspecified atom stereocenters. The van der Waals surface area contributed by atoms with Gasteiger partial charge in [0, 0.05) is 27.7 Å². The summed E-state index contributed by atoms with van der Waals surface area (Å²) >= 11 is 7.80. The minimum absolute atomic E-state index is 0.221. The Morgan fingerprint density at radius 2 is 1.56 bits per heavy atom. The highest BCUT2D eigenvalue weighted by Gasteiger charge is 2.38. The average molecular weight is 491 g/mol. The van der Waals surface area contributed by atoms with Crippen LogP contribution in [0.25, 0.3) is 11.1 Å². The summed E-state index contributed by atoms with van der Waals surface area (Å²) in [7, 11) is 4.37. The van der Waals surface area contributed by atoms with Crippen LogP contribution in [0, 0.1) is 0 Å². The third-order valence-corrected chi connectivity index (χ3v) is 7.68. The molecule has 174 valence electrons. The first-order valence-corrected chi connectivity index (χ1v) is 12.8. The second kappa shape index (κ2) is 9.23. The van der Waals surface area contributed by atoms with Crippen LogP contribution in [0.5, 0.6) is 0 Å². The molecule has 0 saturated carbocycles. The van der Waals surface area contributed by atoms with E-state index in [0.717, 1.165) is 45.1 Å². The van der Waals surface area contributed by atoms with Gasteiger partial charge in [-0.2, -0.15) is 0 Å². The molecule has 6 heteroatoms. The number of halogens is 1. The molecule has 5 rings (SSSR count). The van der Waals surface area contributed by atoms with Crippen molar-refractivity contribution < 1.29 is 14.0 Å². The van der Waals surface area contributed by atoms with Crippen LogP contribution in [0.1, 0.15) is 29.2 Å². The van der Waals surface area contributed by atoms with Gasteiger partial charge in [0.25, 0.3) is 0 Å². The first-order chi connectivity index (χ1) is 16.4. The zero-order valence-corrected chi connectivity index (χ0v) is 20.9. The van der Waals surface area contributed by atoms with Gasteiger partial charge < -0.3 is 14.0 Å². The summed E-state index contributed by atoms with van der Waals surface area (Å²) in [6.45, 7) is 1.67. The molecular weight excluding hydrogens is 464 g/mol. The molecule has 1 aliphatic carbocycles. The molecule has 0 radical (unpaired) electrons. The number of fused-ring (bicyclic) bond motifs is 3. The fourth-order valence-corrected chi connectivity index (χ4v) is 5.65. The van der Waals surface area contributed by atoms with E-state index < -0.39 is 5.60 Å². The second-order valence-electron chi connectivity index (χ2n) is 9.38. The smallest absolute Gasteiger partial charge is 0.193 e. The quantitative estimate of drug-likeness (QED) is 0.180. The van der Waals surface area contributed by atoms with Crippen LogP contribution in [-0.2, 0) is 12.1 Å². The van der Waals surface area contributed by atoms with Gasteiger partial charge in [0.2, 0.25) is 0 Å². The molecule has 0 bridgehead atoms. The van der Waals surface area contributed by atoms with Crippen molar-refractivity contribution in [2.45, 2.75) is 23.5 Å². The zero-order chi connectivity index (χ0) is 23.8. The van der Waals surface area contributed by atoms with Crippen molar-refractivity contribution in [3.63, 3.8) is 0 Å². The van der Waals surface area contributed by atoms with E-state index in [9.17, 15) is 5.11 Å². The highest BCUT2D eigenvalue weighted by molar-refractivity contribution is 7.99. The van der Waals surface area contributed by atoms with Crippen molar-refractivity contribution in [2.24, 2.45) is 0 Å². The highest BCUT2D eigenvalue weighted by Crippen LogP contribution is 2.48. The third-order valence-electron chi connectivity index (χ3n) is 6.33. The summed E-state index contributed by atoms with van der Waals surface area (Å²) in [5.74, 6) is 1.99. The van der Waals surface area contributed by atoms with Gasteiger partial charge in [-0.15, -0.1) is 11.8 Å². The van der Waals surface area contributed by atoms with Crippen molar-refractivity contribution in [1.29, 1.82) is 0 Å². The Balaban J connectivity index is 1.28. The topological polar surface area (TPSA) is 49.1 Å². The fraction of sp³-hybridized carbons (Fsp3) is 0.250. The molecule has 0 amide bonds. The largest absolute Gasteiger partial charge is 0.835 e. The first-order valence-electron chi connectivity index (χ1n) is 11.4. The number of thioether (sulfide) groups is 1. The Labute approximate surface area is 209 Å². The van der Waals surface area contributed by atoms with Crippen LogP contribution in [0.4, 0.5) is 0 Å². The van der Waals surface area contributed by atoms with E-state index in [0.29, 0.717) is 17.7 Å². The van der Waals surface area contributed by atoms with Gasteiger partial charge in [0.15, 0.2) is 11.7 Å². The number of rotatable bonds is 8. The maximum absolute atomic E-state index is 14.3. The zero-order valence-electron chi connectivity index (χ0n) is 19.3. The number of nitrogens with zero attached hydrogens (tertiary/aromatic N) is 2. The Hall–Kier alpha value is -2.57. The summed E-state index contributed by atoms with van der Waals surface area (Å²) in [5.41, 5.74) is 1.71. The SMILES string of the molecule is C[N+](C)(CCCSc1ccc(Cl)cc1)Cc1cnc(C2([O-])c3ccccc3-c3ccccc32)o1. The lowest BCUT2D eigenvalue weighted by molar-refractivity contribution is -0.904. The van der Waals surface area contributed by atoms with E-state index in [-0.39, 0.29) is 5.89 Å². The molecule has 4 aromatic rings. The number of hydrogen-bond acceptors (Lipinski definition) is 4. The molecule has 0 aliphatic heterocycles. The minimum atomic E-state index is -1.63. The van der Waals surface area contributed by atoms with Crippen molar-refractivity contribution in [2.75, 3.05) is 26.4 Å². The minimum Gasteiger partial charge on any atom is -0.835 e. The number of oxazole rings is 1. The monoisotopic (exact) mass is 490 g/mol. The molecule has 3 aromatic carbocycles. The molecule has 0 N–H and O–H groups in total. The van der Waals surface area contributed by atoms with Crippen LogP contribution in [-0.4, -0.2) is 35.9 Å². The van der Waals surface area contributed by atoms with Crippen molar-refractivity contribution >= 4 is 23.4 Å². The fourth-order valence-electron chi connectivity index (χ4n) is 4.68. The van der Waals surface area contributed by atoms with Gasteiger partial charge >= 0.3 is 0 Å². The molecule has 1 heterocycles. The van der Waals surface area contributed by atoms with E-state index in [1.165, 1.54) is 4.90 Å². The van der Waals surface area contributed by atoms with E-state index in [1.54, 1.807) is 6.20 Å². The van der Waals surface area contributed by atoms with Gasteiger partial charge in [-0.05, 0) is 46.5 Å². The van der Waals surface area contributed by atoms with Gasteiger partial charge in [0.1, 0.15) is 6.54 Å². The van der Waals surface area contributed by atoms with E-state index >= 15 is 0 Å². The van der Waals surface area contributed by atoms with Gasteiger partial charge in [-0.3, -0.25) is 0 Å². The summed E-state index contributed by atoms with van der Waals surface area (Å²) in [5, 5.41) is 15.1. The standard InChI is InChI=1S/C28H27ClN2O2S/c1-31(2,16-7-17-34-22-14-12-20(29)13-15-22)19-21-18-30-27(33-21)28(32)25-10-5-3-8-23(25)24-9-4-6-11-26(24)28/h3-6,8-15,18H,7,16-17,19H2,1-2H3. The van der Waals surface area contributed by atoms with Crippen LogP contribution in [0.3, 0.4) is 0 Å². The average Bonchev–Trinajstić information content (AvgIpc) is 3.40. The Bertz CT molecular complexity index is 1250. The molecule has 1 aromatic heterocycles. The molecular formula is C28H27ClN2O2S. The van der Waals surface area contributed by atoms with E-state index in [4.69, 9.17) is 16.0 Å². The molecule has 4 nitrogen and oxygen atoms in total. The predicted molar refractivity (Wildman–Crippen MR) is 136 cm³/mol. The molecule has 0 saturated heterocycles. The lowest BCUT2D eigenvalue weighted by Gasteiger charge is -2.35. The Kier molecular flexibility index (Phi) is 6.30. The molecule has 1 aliphatic rings. The molecule has 0 fully saturated rings. The number of hydrogen-bond donors (Lipinski definition) is 0. The van der Waals surface area contributed by atoms with Crippen molar-refractivity contribution in [3.8, 4) is 11.1 Å². The third kappa shape index (κ3) is 4.41. The molecule has 34 heavy (non-hydrogen) atoms. The summed E-state index contributed by atoms with van der Waals surface area (Å²) < 4.78 is 6.91. The lowest BCUT2D eigenvalue weighted by Crippen LogP contribution is -2.41. The molecule has 0 atom stereocenters. The van der Waals surface area contributed by atoms with Gasteiger partial charge in [-0.25, -0.2) is 4.98 Å². The van der Waals surface area contributed by atoms with E-state index in [1.807, 2.05) is 72.4 Å². The maximum Gasteiger partial charge on any atom is 0.193 e. The number of quaternary nitrogens is 1. The summed E-state index contributed by atoms with van der Waals surface area (Å²) in [6.07, 6.45) is 2.79. The van der Waals surface area contributed by atoms with Crippen molar-refractivity contribution in [3.05, 3.63) is 107 Å². The normalized spacial score (nSPS) is 14.1. The van der Waals surface area contributed by atoms with Crippen LogP contribution < -0.4 is 5.11 Å². The first kappa shape index (κ1) is 23.2. The Morgan fingerprint density at radius 3 is 2.21 bits per heavy atom. The number of benzene rings is 3.